The molecule has 0 aromatic rings. The molecule has 4 nitrogen and oxygen atoms in total. The molecular formula is C13H25N3O. The van der Waals surface area contributed by atoms with Gasteiger partial charge >= 0.3 is 6.03 Å². The van der Waals surface area contributed by atoms with Crippen LogP contribution in [-0.4, -0.2) is 36.1 Å². The van der Waals surface area contributed by atoms with E-state index < -0.39 is 0 Å². The minimum absolute atomic E-state index is 0.148. The molecule has 1 atom stereocenters. The normalized spacial score (nSPS) is 26.2. The minimum atomic E-state index is 0.148. The van der Waals surface area contributed by atoms with Crippen molar-refractivity contribution in [2.75, 3.05) is 13.1 Å². The van der Waals surface area contributed by atoms with Crippen LogP contribution in [0.25, 0.3) is 0 Å². The Balaban J connectivity index is 1.86. The predicted octanol–water partition coefficient (Wildman–Crippen LogP) is 1.84. The second kappa shape index (κ2) is 6.24. The molecule has 0 aromatic heterocycles. The Kier molecular flexibility index (Phi) is 4.66. The Morgan fingerprint density at radius 3 is 2.59 bits per heavy atom. The van der Waals surface area contributed by atoms with E-state index in [-0.39, 0.29) is 6.03 Å². The molecule has 0 spiro atoms. The molecule has 0 radical (unpaired) electrons. The molecule has 1 unspecified atom stereocenters. The third-order valence-electron chi connectivity index (χ3n) is 4.07. The van der Waals surface area contributed by atoms with Crippen molar-refractivity contribution in [1.82, 2.24) is 10.2 Å². The predicted molar refractivity (Wildman–Crippen MR) is 68.8 cm³/mol. The van der Waals surface area contributed by atoms with Crippen LogP contribution in [0.15, 0.2) is 0 Å². The monoisotopic (exact) mass is 239 g/mol. The third-order valence-corrected chi connectivity index (χ3v) is 4.07. The maximum absolute atomic E-state index is 12.2. The summed E-state index contributed by atoms with van der Waals surface area (Å²) in [4.78, 5) is 14.2. The molecule has 2 aliphatic rings. The largest absolute Gasteiger partial charge is 0.335 e. The second-order valence-electron chi connectivity index (χ2n) is 5.35. The van der Waals surface area contributed by atoms with Crippen molar-refractivity contribution >= 4 is 6.03 Å². The first-order valence-electron chi connectivity index (χ1n) is 7.08. The molecule has 98 valence electrons. The summed E-state index contributed by atoms with van der Waals surface area (Å²) in [6, 6.07) is 0.938. The first kappa shape index (κ1) is 12.7. The SMILES string of the molecule is NCCC1CCCCN1C(=O)NC1CCCC1. The van der Waals surface area contributed by atoms with Crippen LogP contribution in [-0.2, 0) is 0 Å². The van der Waals surface area contributed by atoms with E-state index in [4.69, 9.17) is 5.73 Å². The maximum atomic E-state index is 12.2. The summed E-state index contributed by atoms with van der Waals surface area (Å²) < 4.78 is 0. The zero-order valence-corrected chi connectivity index (χ0v) is 10.7. The standard InChI is InChI=1S/C13H25N3O/c14-9-8-12-7-3-4-10-16(12)13(17)15-11-5-1-2-6-11/h11-12H,1-10,14H2,(H,15,17). The molecule has 1 saturated heterocycles. The van der Waals surface area contributed by atoms with E-state index in [0.29, 0.717) is 18.6 Å². The number of likely N-dealkylation sites (tertiary alicyclic amines) is 1. The number of amides is 2. The van der Waals surface area contributed by atoms with Crippen LogP contribution in [0.4, 0.5) is 4.79 Å². The van der Waals surface area contributed by atoms with Crippen molar-refractivity contribution in [1.29, 1.82) is 0 Å². The zero-order chi connectivity index (χ0) is 12.1. The Hall–Kier alpha value is -0.770. The molecule has 1 saturated carbocycles. The quantitative estimate of drug-likeness (QED) is 0.789. The van der Waals surface area contributed by atoms with Crippen LogP contribution in [0, 0.1) is 0 Å². The van der Waals surface area contributed by atoms with Gasteiger partial charge in [0, 0.05) is 18.6 Å². The number of nitrogens with zero attached hydrogens (tertiary/aromatic N) is 1. The van der Waals surface area contributed by atoms with Crippen LogP contribution >= 0.6 is 0 Å². The summed E-state index contributed by atoms with van der Waals surface area (Å²) in [6.07, 6.45) is 9.26. The van der Waals surface area contributed by atoms with Crippen LogP contribution in [0.2, 0.25) is 0 Å². The highest BCUT2D eigenvalue weighted by molar-refractivity contribution is 5.75. The number of carbonyl (C=O) groups excluding carboxylic acids is 1. The van der Waals surface area contributed by atoms with E-state index >= 15 is 0 Å². The zero-order valence-electron chi connectivity index (χ0n) is 10.7. The lowest BCUT2D eigenvalue weighted by molar-refractivity contribution is 0.144. The molecule has 1 aliphatic heterocycles. The van der Waals surface area contributed by atoms with Gasteiger partial charge in [-0.05, 0) is 45.1 Å². The van der Waals surface area contributed by atoms with Crippen molar-refractivity contribution in [2.45, 2.75) is 63.5 Å². The van der Waals surface area contributed by atoms with Crippen LogP contribution in [0.1, 0.15) is 51.4 Å². The molecule has 17 heavy (non-hydrogen) atoms. The molecule has 4 heteroatoms. The fourth-order valence-electron chi connectivity index (χ4n) is 3.09. The molecule has 2 rings (SSSR count). The second-order valence-corrected chi connectivity index (χ2v) is 5.35. The van der Waals surface area contributed by atoms with E-state index in [1.165, 1.54) is 19.3 Å². The lowest BCUT2D eigenvalue weighted by atomic mass is 10.00. The summed E-state index contributed by atoms with van der Waals surface area (Å²) in [6.45, 7) is 1.58. The van der Waals surface area contributed by atoms with Crippen molar-refractivity contribution in [3.05, 3.63) is 0 Å². The summed E-state index contributed by atoms with van der Waals surface area (Å²) in [5.41, 5.74) is 5.63. The van der Waals surface area contributed by atoms with Gasteiger partial charge in [0.25, 0.3) is 0 Å². The molecule has 1 aliphatic carbocycles. The molecule has 2 fully saturated rings. The van der Waals surface area contributed by atoms with Crippen molar-refractivity contribution in [2.24, 2.45) is 5.73 Å². The summed E-state index contributed by atoms with van der Waals surface area (Å²) in [5.74, 6) is 0. The molecule has 0 bridgehead atoms. The number of hydrogen-bond acceptors (Lipinski definition) is 2. The topological polar surface area (TPSA) is 58.4 Å². The number of hydrogen-bond donors (Lipinski definition) is 2. The van der Waals surface area contributed by atoms with E-state index in [9.17, 15) is 4.79 Å². The van der Waals surface area contributed by atoms with Gasteiger partial charge in [-0.3, -0.25) is 0 Å². The van der Waals surface area contributed by atoms with Gasteiger partial charge in [-0.2, -0.15) is 0 Å². The summed E-state index contributed by atoms with van der Waals surface area (Å²) in [7, 11) is 0. The van der Waals surface area contributed by atoms with E-state index in [1.54, 1.807) is 0 Å². The summed E-state index contributed by atoms with van der Waals surface area (Å²) >= 11 is 0. The molecular weight excluding hydrogens is 214 g/mol. The highest BCUT2D eigenvalue weighted by atomic mass is 16.2. The lowest BCUT2D eigenvalue weighted by Crippen LogP contribution is -2.51. The van der Waals surface area contributed by atoms with Gasteiger partial charge in [0.15, 0.2) is 0 Å². The number of rotatable bonds is 3. The Bertz CT molecular complexity index is 249. The summed E-state index contributed by atoms with van der Waals surface area (Å²) in [5, 5.41) is 3.18. The number of carbonyl (C=O) groups is 1. The Labute approximate surface area is 104 Å². The van der Waals surface area contributed by atoms with Crippen molar-refractivity contribution in [3.63, 3.8) is 0 Å². The van der Waals surface area contributed by atoms with Crippen LogP contribution in [0.3, 0.4) is 0 Å². The van der Waals surface area contributed by atoms with Crippen LogP contribution < -0.4 is 11.1 Å². The Morgan fingerprint density at radius 2 is 1.88 bits per heavy atom. The van der Waals surface area contributed by atoms with E-state index in [2.05, 4.69) is 5.32 Å². The number of piperidine rings is 1. The fourth-order valence-corrected chi connectivity index (χ4v) is 3.09. The van der Waals surface area contributed by atoms with E-state index in [0.717, 1.165) is 38.6 Å². The fraction of sp³-hybridized carbons (Fsp3) is 0.923. The molecule has 2 amide bonds. The highest BCUT2D eigenvalue weighted by Gasteiger charge is 2.27. The average molecular weight is 239 g/mol. The van der Waals surface area contributed by atoms with Crippen molar-refractivity contribution in [3.8, 4) is 0 Å². The molecule has 3 N–H and O–H groups in total. The van der Waals surface area contributed by atoms with Gasteiger partial charge in [0.05, 0.1) is 0 Å². The minimum Gasteiger partial charge on any atom is -0.335 e. The first-order valence-corrected chi connectivity index (χ1v) is 7.08. The van der Waals surface area contributed by atoms with Gasteiger partial charge < -0.3 is 16.0 Å². The van der Waals surface area contributed by atoms with Gasteiger partial charge in [-0.25, -0.2) is 4.79 Å². The smallest absolute Gasteiger partial charge is 0.317 e. The van der Waals surface area contributed by atoms with E-state index in [1.807, 2.05) is 4.90 Å². The molecule has 0 aromatic carbocycles. The van der Waals surface area contributed by atoms with Gasteiger partial charge in [-0.1, -0.05) is 12.8 Å². The lowest BCUT2D eigenvalue weighted by Gasteiger charge is -2.36. The van der Waals surface area contributed by atoms with Crippen LogP contribution in [0.5, 0.6) is 0 Å². The maximum Gasteiger partial charge on any atom is 0.317 e. The number of urea groups is 1. The first-order chi connectivity index (χ1) is 8.31. The number of nitrogens with one attached hydrogen (secondary N) is 1. The third kappa shape index (κ3) is 3.35. The van der Waals surface area contributed by atoms with Gasteiger partial charge in [0.1, 0.15) is 0 Å². The average Bonchev–Trinajstić information content (AvgIpc) is 2.83. The van der Waals surface area contributed by atoms with Crippen molar-refractivity contribution < 1.29 is 4.79 Å². The van der Waals surface area contributed by atoms with Gasteiger partial charge in [-0.15, -0.1) is 0 Å². The molecule has 1 heterocycles. The number of nitrogens with two attached hydrogens (primary N) is 1. The highest BCUT2D eigenvalue weighted by Crippen LogP contribution is 2.21. The van der Waals surface area contributed by atoms with Gasteiger partial charge in [0.2, 0.25) is 0 Å². The Morgan fingerprint density at radius 1 is 1.18 bits per heavy atom.